The second kappa shape index (κ2) is 7.32. The maximum absolute atomic E-state index is 10.4. The first kappa shape index (κ1) is 17.1. The topological polar surface area (TPSA) is 78.4 Å². The Balaban J connectivity index is 1.85. The van der Waals surface area contributed by atoms with Crippen molar-refractivity contribution in [3.8, 4) is 11.8 Å². The first-order chi connectivity index (χ1) is 10.9. The van der Waals surface area contributed by atoms with E-state index in [0.29, 0.717) is 24.6 Å². The second-order valence-electron chi connectivity index (χ2n) is 5.82. The maximum Gasteiger partial charge on any atom is 0.181 e. The first-order valence-electron chi connectivity index (χ1n) is 7.56. The third kappa shape index (κ3) is 4.85. The smallest absolute Gasteiger partial charge is 0.181 e. The molecule has 0 saturated heterocycles. The Morgan fingerprint density at radius 3 is 2.57 bits per heavy atom. The van der Waals surface area contributed by atoms with Crippen molar-refractivity contribution in [1.29, 1.82) is 5.26 Å². The number of aliphatic hydroxyl groups is 1. The average molecular weight is 314 g/mol. The van der Waals surface area contributed by atoms with Crippen LogP contribution in [0.3, 0.4) is 0 Å². The largest absolute Gasteiger partial charge is 0.476 e. The summed E-state index contributed by atoms with van der Waals surface area (Å²) in [6, 6.07) is 13.2. The van der Waals surface area contributed by atoms with E-state index < -0.39 is 11.7 Å². The van der Waals surface area contributed by atoms with Crippen molar-refractivity contribution in [1.82, 2.24) is 5.32 Å². The first-order valence-corrected chi connectivity index (χ1v) is 7.56. The van der Waals surface area contributed by atoms with E-state index >= 15 is 0 Å². The molecule has 0 saturated carbocycles. The van der Waals surface area contributed by atoms with Gasteiger partial charge in [0.25, 0.3) is 0 Å². The van der Waals surface area contributed by atoms with Gasteiger partial charge in [-0.1, -0.05) is 12.1 Å². The van der Waals surface area contributed by atoms with Gasteiger partial charge in [-0.15, -0.1) is 0 Å². The van der Waals surface area contributed by atoms with Crippen LogP contribution in [0.5, 0.6) is 5.75 Å². The molecular weight excluding hydrogens is 292 g/mol. The quantitative estimate of drug-likeness (QED) is 0.821. The third-order valence-electron chi connectivity index (χ3n) is 3.49. The Kier molecular flexibility index (Phi) is 5.43. The van der Waals surface area contributed by atoms with Crippen LogP contribution in [0, 0.1) is 18.3 Å². The molecule has 5 nitrogen and oxygen atoms in total. The molecule has 0 spiro atoms. The summed E-state index contributed by atoms with van der Waals surface area (Å²) in [5, 5.41) is 22.4. The molecule has 1 aromatic carbocycles. The van der Waals surface area contributed by atoms with Crippen molar-refractivity contribution < 1.29 is 14.3 Å². The van der Waals surface area contributed by atoms with E-state index in [4.69, 9.17) is 14.4 Å². The molecule has 23 heavy (non-hydrogen) atoms. The number of benzene rings is 1. The highest BCUT2D eigenvalue weighted by atomic mass is 16.5. The SMILES string of the molecule is Cc1ccc(C(C)(O)CNCc2ccc(OC(C)C#N)cc2)o1. The highest BCUT2D eigenvalue weighted by Crippen LogP contribution is 2.22. The van der Waals surface area contributed by atoms with E-state index in [0.717, 1.165) is 11.3 Å². The van der Waals surface area contributed by atoms with Crippen molar-refractivity contribution in [3.63, 3.8) is 0 Å². The number of nitriles is 1. The van der Waals surface area contributed by atoms with E-state index in [1.165, 1.54) is 0 Å². The molecule has 1 aromatic heterocycles. The van der Waals surface area contributed by atoms with Gasteiger partial charge in [-0.2, -0.15) is 5.26 Å². The van der Waals surface area contributed by atoms with Crippen LogP contribution in [0.1, 0.15) is 30.9 Å². The molecule has 1 heterocycles. The number of nitrogens with zero attached hydrogens (tertiary/aromatic N) is 1. The van der Waals surface area contributed by atoms with Gasteiger partial charge in [-0.25, -0.2) is 0 Å². The van der Waals surface area contributed by atoms with Crippen LogP contribution < -0.4 is 10.1 Å². The zero-order valence-corrected chi connectivity index (χ0v) is 13.7. The van der Waals surface area contributed by atoms with Crippen LogP contribution in [0.15, 0.2) is 40.8 Å². The molecule has 5 heteroatoms. The minimum absolute atomic E-state index is 0.379. The van der Waals surface area contributed by atoms with Gasteiger partial charge in [-0.3, -0.25) is 0 Å². The number of aryl methyl sites for hydroxylation is 1. The van der Waals surface area contributed by atoms with Crippen molar-refractivity contribution >= 4 is 0 Å². The molecule has 2 rings (SSSR count). The lowest BCUT2D eigenvalue weighted by atomic mass is 10.0. The van der Waals surface area contributed by atoms with E-state index in [1.807, 2.05) is 43.3 Å². The number of ether oxygens (including phenoxy) is 1. The number of hydrogen-bond acceptors (Lipinski definition) is 5. The Bertz CT molecular complexity index is 668. The van der Waals surface area contributed by atoms with Gasteiger partial charge < -0.3 is 19.6 Å². The van der Waals surface area contributed by atoms with E-state index in [9.17, 15) is 5.11 Å². The Hall–Kier alpha value is -2.29. The summed E-state index contributed by atoms with van der Waals surface area (Å²) in [5.74, 6) is 2.00. The summed E-state index contributed by atoms with van der Waals surface area (Å²) in [4.78, 5) is 0. The van der Waals surface area contributed by atoms with Gasteiger partial charge in [0, 0.05) is 13.1 Å². The van der Waals surface area contributed by atoms with Crippen LogP contribution in [-0.4, -0.2) is 17.8 Å². The van der Waals surface area contributed by atoms with Crippen molar-refractivity contribution in [3.05, 3.63) is 53.5 Å². The minimum Gasteiger partial charge on any atom is -0.476 e. The van der Waals surface area contributed by atoms with Gasteiger partial charge >= 0.3 is 0 Å². The second-order valence-corrected chi connectivity index (χ2v) is 5.82. The zero-order valence-electron chi connectivity index (χ0n) is 13.7. The van der Waals surface area contributed by atoms with E-state index in [1.54, 1.807) is 19.9 Å². The van der Waals surface area contributed by atoms with Gasteiger partial charge in [-0.05, 0) is 50.6 Å². The standard InChI is InChI=1S/C18H22N2O3/c1-13-4-9-17(23-13)18(3,21)12-20-11-15-5-7-16(8-6-15)22-14(2)10-19/h4-9,14,20-21H,11-12H2,1-3H3. The lowest BCUT2D eigenvalue weighted by molar-refractivity contribution is 0.0333. The molecule has 0 bridgehead atoms. The molecule has 0 fully saturated rings. The van der Waals surface area contributed by atoms with Crippen LogP contribution in [0.25, 0.3) is 0 Å². The van der Waals surface area contributed by atoms with Crippen LogP contribution in [0.4, 0.5) is 0 Å². The maximum atomic E-state index is 10.4. The van der Waals surface area contributed by atoms with E-state index in [2.05, 4.69) is 5.32 Å². The van der Waals surface area contributed by atoms with Crippen LogP contribution in [0.2, 0.25) is 0 Å². The van der Waals surface area contributed by atoms with Gasteiger partial charge in [0.2, 0.25) is 0 Å². The number of hydrogen-bond donors (Lipinski definition) is 2. The molecule has 2 unspecified atom stereocenters. The Morgan fingerprint density at radius 2 is 2.00 bits per heavy atom. The highest BCUT2D eigenvalue weighted by Gasteiger charge is 2.26. The molecular formula is C18H22N2O3. The summed E-state index contributed by atoms with van der Waals surface area (Å²) < 4.78 is 10.9. The highest BCUT2D eigenvalue weighted by molar-refractivity contribution is 5.27. The summed E-state index contributed by atoms with van der Waals surface area (Å²) >= 11 is 0. The van der Waals surface area contributed by atoms with Gasteiger partial charge in [0.15, 0.2) is 6.10 Å². The summed E-state index contributed by atoms with van der Waals surface area (Å²) in [6.45, 7) is 6.27. The molecule has 122 valence electrons. The molecule has 2 aromatic rings. The zero-order chi connectivity index (χ0) is 16.9. The molecule has 2 atom stereocenters. The monoisotopic (exact) mass is 314 g/mol. The summed E-state index contributed by atoms with van der Waals surface area (Å²) in [6.07, 6.45) is -0.467. The number of nitrogens with one attached hydrogen (secondary N) is 1. The number of furan rings is 1. The molecule has 2 N–H and O–H groups in total. The fraction of sp³-hybridized carbons (Fsp3) is 0.389. The molecule has 0 amide bonds. The fourth-order valence-electron chi connectivity index (χ4n) is 2.18. The molecule has 0 aliphatic rings. The molecule has 0 radical (unpaired) electrons. The predicted molar refractivity (Wildman–Crippen MR) is 86.9 cm³/mol. The predicted octanol–water partition coefficient (Wildman–Crippen LogP) is 2.88. The van der Waals surface area contributed by atoms with Crippen LogP contribution in [-0.2, 0) is 12.1 Å². The lowest BCUT2D eigenvalue weighted by Gasteiger charge is -2.21. The van der Waals surface area contributed by atoms with E-state index in [-0.39, 0.29) is 0 Å². The minimum atomic E-state index is -1.06. The molecule has 0 aliphatic carbocycles. The summed E-state index contributed by atoms with van der Waals surface area (Å²) in [5.41, 5.74) is 0.00731. The van der Waals surface area contributed by atoms with Crippen LogP contribution >= 0.6 is 0 Å². The fourth-order valence-corrected chi connectivity index (χ4v) is 2.18. The lowest BCUT2D eigenvalue weighted by Crippen LogP contribution is -2.34. The molecule has 0 aliphatic heterocycles. The van der Waals surface area contributed by atoms with Gasteiger partial charge in [0.1, 0.15) is 28.9 Å². The Morgan fingerprint density at radius 1 is 1.30 bits per heavy atom. The normalized spacial score (nSPS) is 14.7. The van der Waals surface area contributed by atoms with Crippen molar-refractivity contribution in [2.45, 2.75) is 39.0 Å². The summed E-state index contributed by atoms with van der Waals surface area (Å²) in [7, 11) is 0. The average Bonchev–Trinajstić information content (AvgIpc) is 2.96. The third-order valence-corrected chi connectivity index (χ3v) is 3.49. The van der Waals surface area contributed by atoms with Crippen molar-refractivity contribution in [2.75, 3.05) is 6.54 Å². The Labute approximate surface area is 136 Å². The van der Waals surface area contributed by atoms with Gasteiger partial charge in [0.05, 0.1) is 0 Å². The van der Waals surface area contributed by atoms with Crippen molar-refractivity contribution in [2.24, 2.45) is 0 Å². The number of rotatable bonds is 7.